The molecule has 100 valence electrons. The summed E-state index contributed by atoms with van der Waals surface area (Å²) in [6, 6.07) is 0. The van der Waals surface area contributed by atoms with Crippen molar-refractivity contribution >= 4 is 17.7 Å². The lowest BCUT2D eigenvalue weighted by atomic mass is 10.2. The Morgan fingerprint density at radius 3 is 2.65 bits per heavy atom. The van der Waals surface area contributed by atoms with E-state index in [-0.39, 0.29) is 0 Å². The van der Waals surface area contributed by atoms with Crippen LogP contribution in [0.3, 0.4) is 0 Å². The number of guanidine groups is 1. The summed E-state index contributed by atoms with van der Waals surface area (Å²) in [6.07, 6.45) is 7.07. The molecule has 0 heterocycles. The van der Waals surface area contributed by atoms with Gasteiger partial charge in [-0.1, -0.05) is 32.3 Å². The molecule has 0 aliphatic heterocycles. The lowest BCUT2D eigenvalue weighted by Gasteiger charge is -2.11. The molecule has 0 spiro atoms. The van der Waals surface area contributed by atoms with E-state index in [4.69, 9.17) is 0 Å². The minimum atomic E-state index is 0.917. The highest BCUT2D eigenvalue weighted by atomic mass is 32.2. The van der Waals surface area contributed by atoms with Crippen LogP contribution in [0.4, 0.5) is 0 Å². The summed E-state index contributed by atoms with van der Waals surface area (Å²) in [5.41, 5.74) is 0. The van der Waals surface area contributed by atoms with Gasteiger partial charge in [-0.2, -0.15) is 11.8 Å². The van der Waals surface area contributed by atoms with E-state index in [1.807, 2.05) is 24.9 Å². The fraction of sp³-hybridized carbons (Fsp3) is 0.769. The molecule has 0 amide bonds. The van der Waals surface area contributed by atoms with Crippen LogP contribution in [-0.4, -0.2) is 37.6 Å². The van der Waals surface area contributed by atoms with Crippen molar-refractivity contribution in [2.24, 2.45) is 4.99 Å². The van der Waals surface area contributed by atoms with Crippen LogP contribution in [0.25, 0.3) is 0 Å². The molecular weight excluding hydrogens is 230 g/mol. The SMILES string of the molecule is C=CCSCCNC(=NC)NCCCCCC. The molecule has 0 radical (unpaired) electrons. The second kappa shape index (κ2) is 13.4. The number of nitrogens with zero attached hydrogens (tertiary/aromatic N) is 1. The van der Waals surface area contributed by atoms with Crippen LogP contribution < -0.4 is 10.6 Å². The van der Waals surface area contributed by atoms with Gasteiger partial charge in [0.2, 0.25) is 0 Å². The monoisotopic (exact) mass is 257 g/mol. The molecule has 0 saturated carbocycles. The van der Waals surface area contributed by atoms with Gasteiger partial charge in [0.25, 0.3) is 0 Å². The molecule has 2 N–H and O–H groups in total. The van der Waals surface area contributed by atoms with Gasteiger partial charge in [0.1, 0.15) is 0 Å². The van der Waals surface area contributed by atoms with Crippen molar-refractivity contribution in [2.75, 3.05) is 31.6 Å². The van der Waals surface area contributed by atoms with Crippen molar-refractivity contribution in [2.45, 2.75) is 32.6 Å². The number of hydrogen-bond acceptors (Lipinski definition) is 2. The van der Waals surface area contributed by atoms with E-state index >= 15 is 0 Å². The standard InChI is InChI=1S/C13H27N3S/c1-4-6-7-8-9-15-13(14-3)16-10-12-17-11-5-2/h5H,2,4,6-12H2,1,3H3,(H2,14,15,16). The van der Waals surface area contributed by atoms with Crippen molar-refractivity contribution < 1.29 is 0 Å². The molecule has 0 aromatic carbocycles. The van der Waals surface area contributed by atoms with Crippen LogP contribution in [0.1, 0.15) is 32.6 Å². The molecule has 0 atom stereocenters. The predicted molar refractivity (Wildman–Crippen MR) is 81.0 cm³/mol. The highest BCUT2D eigenvalue weighted by Gasteiger charge is 1.95. The molecule has 0 bridgehead atoms. The highest BCUT2D eigenvalue weighted by molar-refractivity contribution is 7.99. The summed E-state index contributed by atoms with van der Waals surface area (Å²) >= 11 is 1.88. The molecule has 0 fully saturated rings. The molecule has 0 rings (SSSR count). The predicted octanol–water partition coefficient (Wildman–Crippen LogP) is 2.65. The third-order valence-electron chi connectivity index (χ3n) is 2.32. The van der Waals surface area contributed by atoms with Crippen LogP contribution in [0.5, 0.6) is 0 Å². The van der Waals surface area contributed by atoms with Crippen LogP contribution in [0.2, 0.25) is 0 Å². The maximum absolute atomic E-state index is 4.19. The molecule has 17 heavy (non-hydrogen) atoms. The summed E-state index contributed by atoms with van der Waals surface area (Å²) in [5.74, 6) is 3.02. The quantitative estimate of drug-likeness (QED) is 0.273. The van der Waals surface area contributed by atoms with Gasteiger partial charge in [0, 0.05) is 31.6 Å². The minimum absolute atomic E-state index is 0.917. The Balaban J connectivity index is 3.40. The molecule has 0 aromatic rings. The van der Waals surface area contributed by atoms with Gasteiger partial charge in [-0.3, -0.25) is 4.99 Å². The van der Waals surface area contributed by atoms with E-state index in [0.717, 1.165) is 30.6 Å². The zero-order valence-electron chi connectivity index (χ0n) is 11.3. The molecule has 4 heteroatoms. The van der Waals surface area contributed by atoms with Gasteiger partial charge in [-0.25, -0.2) is 0 Å². The van der Waals surface area contributed by atoms with E-state index in [9.17, 15) is 0 Å². The van der Waals surface area contributed by atoms with Crippen molar-refractivity contribution in [3.63, 3.8) is 0 Å². The maximum Gasteiger partial charge on any atom is 0.191 e. The average molecular weight is 257 g/mol. The molecular formula is C13H27N3S. The van der Waals surface area contributed by atoms with Gasteiger partial charge in [-0.05, 0) is 6.42 Å². The number of rotatable bonds is 10. The largest absolute Gasteiger partial charge is 0.356 e. The molecule has 0 saturated heterocycles. The second-order valence-corrected chi connectivity index (χ2v) is 5.00. The van der Waals surface area contributed by atoms with E-state index in [1.165, 1.54) is 25.7 Å². The number of nitrogens with one attached hydrogen (secondary N) is 2. The number of unbranched alkanes of at least 4 members (excludes halogenated alkanes) is 3. The number of aliphatic imine (C=N–C) groups is 1. The van der Waals surface area contributed by atoms with Gasteiger partial charge in [0.15, 0.2) is 5.96 Å². The first-order valence-corrected chi connectivity index (χ1v) is 7.63. The Bertz CT molecular complexity index is 205. The normalized spacial score (nSPS) is 11.3. The Morgan fingerprint density at radius 2 is 2.00 bits per heavy atom. The zero-order chi connectivity index (χ0) is 12.8. The smallest absolute Gasteiger partial charge is 0.191 e. The first-order chi connectivity index (χ1) is 8.35. The lowest BCUT2D eigenvalue weighted by molar-refractivity contribution is 0.648. The average Bonchev–Trinajstić information content (AvgIpc) is 2.36. The number of thioether (sulfide) groups is 1. The highest BCUT2D eigenvalue weighted by Crippen LogP contribution is 1.98. The van der Waals surface area contributed by atoms with E-state index in [0.29, 0.717) is 0 Å². The van der Waals surface area contributed by atoms with E-state index in [2.05, 4.69) is 29.1 Å². The van der Waals surface area contributed by atoms with E-state index < -0.39 is 0 Å². The Hall–Kier alpha value is -0.640. The van der Waals surface area contributed by atoms with E-state index in [1.54, 1.807) is 0 Å². The summed E-state index contributed by atoms with van der Waals surface area (Å²) in [4.78, 5) is 4.19. The second-order valence-electron chi connectivity index (χ2n) is 3.85. The minimum Gasteiger partial charge on any atom is -0.356 e. The van der Waals surface area contributed by atoms with Crippen LogP contribution in [0.15, 0.2) is 17.6 Å². The molecule has 0 aromatic heterocycles. The Labute approximate surface area is 111 Å². The Morgan fingerprint density at radius 1 is 1.24 bits per heavy atom. The summed E-state index contributed by atoms with van der Waals surface area (Å²) in [7, 11) is 1.82. The van der Waals surface area contributed by atoms with Crippen molar-refractivity contribution in [3.8, 4) is 0 Å². The first kappa shape index (κ1) is 16.4. The molecule has 0 aliphatic carbocycles. The zero-order valence-corrected chi connectivity index (χ0v) is 12.1. The molecule has 0 aliphatic rings. The third kappa shape index (κ3) is 11.6. The van der Waals surface area contributed by atoms with Crippen molar-refractivity contribution in [1.29, 1.82) is 0 Å². The van der Waals surface area contributed by atoms with Crippen LogP contribution in [-0.2, 0) is 0 Å². The van der Waals surface area contributed by atoms with Crippen LogP contribution >= 0.6 is 11.8 Å². The maximum atomic E-state index is 4.19. The summed E-state index contributed by atoms with van der Waals surface area (Å²) in [5, 5.41) is 6.63. The Kier molecular flexibility index (Phi) is 12.9. The van der Waals surface area contributed by atoms with Crippen molar-refractivity contribution in [3.05, 3.63) is 12.7 Å². The van der Waals surface area contributed by atoms with Gasteiger partial charge in [0.05, 0.1) is 0 Å². The van der Waals surface area contributed by atoms with Gasteiger partial charge < -0.3 is 10.6 Å². The lowest BCUT2D eigenvalue weighted by Crippen LogP contribution is -2.38. The van der Waals surface area contributed by atoms with Gasteiger partial charge >= 0.3 is 0 Å². The fourth-order valence-corrected chi connectivity index (χ4v) is 1.97. The van der Waals surface area contributed by atoms with Crippen molar-refractivity contribution in [1.82, 2.24) is 10.6 Å². The molecule has 3 nitrogen and oxygen atoms in total. The summed E-state index contributed by atoms with van der Waals surface area (Å²) in [6.45, 7) is 7.89. The summed E-state index contributed by atoms with van der Waals surface area (Å²) < 4.78 is 0. The van der Waals surface area contributed by atoms with Gasteiger partial charge in [-0.15, -0.1) is 6.58 Å². The first-order valence-electron chi connectivity index (χ1n) is 6.48. The van der Waals surface area contributed by atoms with Crippen LogP contribution in [0, 0.1) is 0 Å². The molecule has 0 unspecified atom stereocenters. The third-order valence-corrected chi connectivity index (χ3v) is 3.29. The number of hydrogen-bond donors (Lipinski definition) is 2. The topological polar surface area (TPSA) is 36.4 Å². The fourth-order valence-electron chi connectivity index (χ4n) is 1.39.